The number of rotatable bonds is 6. The van der Waals surface area contributed by atoms with Gasteiger partial charge in [-0.15, -0.1) is 5.10 Å². The fraction of sp³-hybridized carbons (Fsp3) is 0.571. The minimum absolute atomic E-state index is 0.0124. The second-order valence-corrected chi connectivity index (χ2v) is 11.2. The molecule has 1 saturated heterocycles. The standard InChI is InChI=1S/C21H27F2N7O3S/c1-13-12-29(34(2,31)32)8-6-17(13)26-20-27-18-4-3-16(14-10-24-25-11-14)19(30(18)28-20)33-15-5-7-21(22,23)9-15/h3-4,10-11,13,15,17H,5-9,12H2,1-2H3,(H,24,25)(H,26,28)/t13-,15?,17?/m1/s1. The van der Waals surface area contributed by atoms with E-state index < -0.39 is 22.0 Å². The van der Waals surface area contributed by atoms with E-state index in [-0.39, 0.29) is 31.2 Å². The Kier molecular flexibility index (Phi) is 5.71. The Morgan fingerprint density at radius 3 is 2.76 bits per heavy atom. The highest BCUT2D eigenvalue weighted by atomic mass is 32.2. The molecule has 10 nitrogen and oxygen atoms in total. The Morgan fingerprint density at radius 2 is 2.12 bits per heavy atom. The van der Waals surface area contributed by atoms with Crippen LogP contribution >= 0.6 is 0 Å². The quantitative estimate of drug-likeness (QED) is 0.540. The Morgan fingerprint density at radius 1 is 1.29 bits per heavy atom. The molecule has 0 aromatic carbocycles. The number of fused-ring (bicyclic) bond motifs is 1. The van der Waals surface area contributed by atoms with E-state index in [9.17, 15) is 17.2 Å². The van der Waals surface area contributed by atoms with E-state index in [0.29, 0.717) is 42.5 Å². The number of piperidine rings is 1. The third kappa shape index (κ3) is 4.58. The van der Waals surface area contributed by atoms with E-state index in [0.717, 1.165) is 5.56 Å². The number of halogens is 2. The fourth-order valence-electron chi connectivity index (χ4n) is 4.67. The molecule has 3 atom stereocenters. The normalized spacial score (nSPS) is 25.6. The zero-order valence-electron chi connectivity index (χ0n) is 18.9. The number of sulfonamides is 1. The van der Waals surface area contributed by atoms with Crippen molar-refractivity contribution in [2.45, 2.75) is 50.7 Å². The Bertz CT molecular complexity index is 1280. The van der Waals surface area contributed by atoms with Gasteiger partial charge in [-0.1, -0.05) is 6.92 Å². The summed E-state index contributed by atoms with van der Waals surface area (Å²) in [5.41, 5.74) is 1.92. The number of hydrogen-bond acceptors (Lipinski definition) is 7. The zero-order valence-corrected chi connectivity index (χ0v) is 19.7. The van der Waals surface area contributed by atoms with Crippen molar-refractivity contribution >= 4 is 21.6 Å². The topological polar surface area (TPSA) is 118 Å². The molecule has 34 heavy (non-hydrogen) atoms. The van der Waals surface area contributed by atoms with E-state index in [4.69, 9.17) is 4.74 Å². The smallest absolute Gasteiger partial charge is 0.251 e. The first-order chi connectivity index (χ1) is 16.1. The molecule has 2 fully saturated rings. The largest absolute Gasteiger partial charge is 0.474 e. The summed E-state index contributed by atoms with van der Waals surface area (Å²) < 4.78 is 60.5. The molecule has 2 aliphatic rings. The van der Waals surface area contributed by atoms with Crippen molar-refractivity contribution in [2.75, 3.05) is 24.7 Å². The van der Waals surface area contributed by atoms with Crippen LogP contribution < -0.4 is 10.1 Å². The van der Waals surface area contributed by atoms with Crippen LogP contribution in [0.2, 0.25) is 0 Å². The van der Waals surface area contributed by atoms with Crippen LogP contribution in [-0.4, -0.2) is 74.9 Å². The predicted octanol–water partition coefficient (Wildman–Crippen LogP) is 2.77. The van der Waals surface area contributed by atoms with Crippen molar-refractivity contribution < 1.29 is 21.9 Å². The molecule has 184 valence electrons. The maximum atomic E-state index is 13.8. The number of aromatic amines is 1. The number of hydrogen-bond donors (Lipinski definition) is 2. The third-order valence-electron chi connectivity index (χ3n) is 6.55. The summed E-state index contributed by atoms with van der Waals surface area (Å²) in [6.45, 7) is 2.82. The molecular formula is C21H27F2N7O3S. The van der Waals surface area contributed by atoms with Crippen molar-refractivity contribution in [3.63, 3.8) is 0 Å². The zero-order chi connectivity index (χ0) is 24.1. The van der Waals surface area contributed by atoms with E-state index >= 15 is 0 Å². The molecule has 1 saturated carbocycles. The first-order valence-electron chi connectivity index (χ1n) is 11.2. The summed E-state index contributed by atoms with van der Waals surface area (Å²) in [5.74, 6) is -1.98. The average molecular weight is 496 g/mol. The molecule has 4 heterocycles. The van der Waals surface area contributed by atoms with Gasteiger partial charge >= 0.3 is 0 Å². The second kappa shape index (κ2) is 8.45. The minimum Gasteiger partial charge on any atom is -0.474 e. The number of alkyl halides is 2. The van der Waals surface area contributed by atoms with Crippen molar-refractivity contribution in [2.24, 2.45) is 5.92 Å². The molecule has 2 N–H and O–H groups in total. The SMILES string of the molecule is C[C@@H]1CN(S(C)(=O)=O)CCC1Nc1nc2ccc(-c3cn[nH]c3)c(OC3CCC(F)(F)C3)n2n1. The van der Waals surface area contributed by atoms with Gasteiger partial charge in [-0.25, -0.2) is 21.5 Å². The van der Waals surface area contributed by atoms with Gasteiger partial charge in [0.15, 0.2) is 5.65 Å². The number of anilines is 1. The van der Waals surface area contributed by atoms with Crippen molar-refractivity contribution in [1.29, 1.82) is 0 Å². The number of H-pyrrole nitrogens is 1. The summed E-state index contributed by atoms with van der Waals surface area (Å²) >= 11 is 0. The number of ether oxygens (including phenoxy) is 1. The van der Waals surface area contributed by atoms with Gasteiger partial charge in [-0.3, -0.25) is 5.10 Å². The number of aromatic nitrogens is 5. The Balaban J connectivity index is 1.43. The molecule has 1 aliphatic heterocycles. The summed E-state index contributed by atoms with van der Waals surface area (Å²) in [5, 5.41) is 14.6. The van der Waals surface area contributed by atoms with Crippen molar-refractivity contribution in [1.82, 2.24) is 29.1 Å². The molecule has 0 spiro atoms. The highest BCUT2D eigenvalue weighted by Gasteiger charge is 2.41. The molecule has 3 aromatic heterocycles. The second-order valence-electron chi connectivity index (χ2n) is 9.22. The van der Waals surface area contributed by atoms with Gasteiger partial charge in [-0.05, 0) is 30.9 Å². The Labute approximate surface area is 195 Å². The van der Waals surface area contributed by atoms with Crippen LogP contribution in [0, 0.1) is 5.92 Å². The minimum atomic E-state index is -3.23. The van der Waals surface area contributed by atoms with Crippen LogP contribution in [0.5, 0.6) is 5.88 Å². The van der Waals surface area contributed by atoms with Gasteiger partial charge in [-0.2, -0.15) is 14.6 Å². The van der Waals surface area contributed by atoms with Gasteiger partial charge in [0.25, 0.3) is 5.92 Å². The lowest BCUT2D eigenvalue weighted by Gasteiger charge is -2.35. The van der Waals surface area contributed by atoms with Gasteiger partial charge in [0, 0.05) is 49.3 Å². The fourth-order valence-corrected chi connectivity index (χ4v) is 5.62. The first kappa shape index (κ1) is 23.0. The van der Waals surface area contributed by atoms with Crippen molar-refractivity contribution in [3.8, 4) is 17.0 Å². The van der Waals surface area contributed by atoms with Gasteiger partial charge in [0.1, 0.15) is 6.10 Å². The molecule has 5 rings (SSSR count). The summed E-state index contributed by atoms with van der Waals surface area (Å²) in [7, 11) is -3.23. The number of nitrogens with one attached hydrogen (secondary N) is 2. The Hall–Kier alpha value is -2.80. The van der Waals surface area contributed by atoms with Crippen LogP contribution in [0.3, 0.4) is 0 Å². The van der Waals surface area contributed by atoms with Gasteiger partial charge < -0.3 is 10.1 Å². The molecule has 13 heteroatoms. The van der Waals surface area contributed by atoms with Crippen LogP contribution in [-0.2, 0) is 10.0 Å². The summed E-state index contributed by atoms with van der Waals surface area (Å²) in [6.07, 6.45) is 4.24. The van der Waals surface area contributed by atoms with Crippen molar-refractivity contribution in [3.05, 3.63) is 24.5 Å². The van der Waals surface area contributed by atoms with E-state index in [2.05, 4.69) is 25.6 Å². The summed E-state index contributed by atoms with van der Waals surface area (Å²) in [4.78, 5) is 4.55. The lowest BCUT2D eigenvalue weighted by Crippen LogP contribution is -2.47. The van der Waals surface area contributed by atoms with E-state index in [1.165, 1.54) is 15.1 Å². The third-order valence-corrected chi connectivity index (χ3v) is 7.82. The van der Waals surface area contributed by atoms with Crippen LogP contribution in [0.1, 0.15) is 32.6 Å². The molecular weight excluding hydrogens is 468 g/mol. The van der Waals surface area contributed by atoms with E-state index in [1.54, 1.807) is 18.5 Å². The number of nitrogens with zero attached hydrogens (tertiary/aromatic N) is 5. The monoisotopic (exact) mass is 495 g/mol. The molecule has 0 radical (unpaired) electrons. The molecule has 1 aliphatic carbocycles. The first-order valence-corrected chi connectivity index (χ1v) is 13.1. The predicted molar refractivity (Wildman–Crippen MR) is 121 cm³/mol. The van der Waals surface area contributed by atoms with Gasteiger partial charge in [0.2, 0.25) is 21.9 Å². The highest BCUT2D eigenvalue weighted by Crippen LogP contribution is 2.39. The summed E-state index contributed by atoms with van der Waals surface area (Å²) in [6, 6.07) is 3.59. The molecule has 0 bridgehead atoms. The van der Waals surface area contributed by atoms with Crippen LogP contribution in [0.25, 0.3) is 16.8 Å². The lowest BCUT2D eigenvalue weighted by molar-refractivity contribution is -0.00151. The van der Waals surface area contributed by atoms with E-state index in [1.807, 2.05) is 13.0 Å². The molecule has 2 unspecified atom stereocenters. The maximum absolute atomic E-state index is 13.8. The van der Waals surface area contributed by atoms with Crippen LogP contribution in [0.15, 0.2) is 24.5 Å². The molecule has 0 amide bonds. The molecule has 3 aromatic rings. The average Bonchev–Trinajstić information content (AvgIpc) is 3.49. The highest BCUT2D eigenvalue weighted by molar-refractivity contribution is 7.88. The van der Waals surface area contributed by atoms with Crippen LogP contribution in [0.4, 0.5) is 14.7 Å². The van der Waals surface area contributed by atoms with Gasteiger partial charge in [0.05, 0.1) is 12.5 Å². The lowest BCUT2D eigenvalue weighted by atomic mass is 9.95. The maximum Gasteiger partial charge on any atom is 0.251 e. The number of pyridine rings is 1.